The molecule has 1 N–H and O–H groups in total. The Morgan fingerprint density at radius 2 is 1.85 bits per heavy atom. The Morgan fingerprint density at radius 1 is 1.20 bits per heavy atom. The van der Waals surface area contributed by atoms with Crippen LogP contribution in [0.1, 0.15) is 37.9 Å². The molecule has 0 aliphatic carbocycles. The molecule has 1 aromatic heterocycles. The minimum atomic E-state index is 0.289. The minimum Gasteiger partial charge on any atom is -0.465 e. The standard InChI is InChI=1S/C16H29N3O/c1-13-14(10-15(20-13)11-17-5)12-18-6-8-19(9-7-18)16(2,3)4/h10,17H,6-9,11-12H2,1-5H3. The van der Waals surface area contributed by atoms with Gasteiger partial charge in [0.1, 0.15) is 11.5 Å². The van der Waals surface area contributed by atoms with E-state index < -0.39 is 0 Å². The first-order valence-electron chi connectivity index (χ1n) is 7.60. The average Bonchev–Trinajstić information content (AvgIpc) is 2.70. The van der Waals surface area contributed by atoms with Crippen LogP contribution in [0.25, 0.3) is 0 Å². The van der Waals surface area contributed by atoms with Crippen molar-refractivity contribution in [2.24, 2.45) is 0 Å². The number of piperazine rings is 1. The number of nitrogens with one attached hydrogen (secondary N) is 1. The van der Waals surface area contributed by atoms with Gasteiger partial charge in [0.05, 0.1) is 6.54 Å². The summed E-state index contributed by atoms with van der Waals surface area (Å²) < 4.78 is 5.77. The quantitative estimate of drug-likeness (QED) is 0.916. The van der Waals surface area contributed by atoms with Crippen molar-refractivity contribution in [3.8, 4) is 0 Å². The van der Waals surface area contributed by atoms with Crippen LogP contribution < -0.4 is 5.32 Å². The Kier molecular flexibility index (Phi) is 4.89. The maximum Gasteiger partial charge on any atom is 0.118 e. The van der Waals surface area contributed by atoms with Crippen LogP contribution in [0, 0.1) is 6.92 Å². The van der Waals surface area contributed by atoms with Crippen molar-refractivity contribution in [2.45, 2.75) is 46.3 Å². The van der Waals surface area contributed by atoms with Gasteiger partial charge < -0.3 is 9.73 Å². The van der Waals surface area contributed by atoms with Gasteiger partial charge in [0.2, 0.25) is 0 Å². The fourth-order valence-corrected chi connectivity index (χ4v) is 2.82. The number of aryl methyl sites for hydroxylation is 1. The molecule has 0 spiro atoms. The molecule has 0 unspecified atom stereocenters. The molecule has 1 saturated heterocycles. The summed E-state index contributed by atoms with van der Waals surface area (Å²) in [7, 11) is 1.95. The second-order valence-electron chi connectivity index (χ2n) is 6.76. The predicted molar refractivity (Wildman–Crippen MR) is 82.8 cm³/mol. The van der Waals surface area contributed by atoms with E-state index in [1.54, 1.807) is 0 Å². The molecule has 4 heteroatoms. The van der Waals surface area contributed by atoms with Gasteiger partial charge in [0.25, 0.3) is 0 Å². The van der Waals surface area contributed by atoms with Crippen LogP contribution in [0.15, 0.2) is 10.5 Å². The van der Waals surface area contributed by atoms with E-state index in [9.17, 15) is 0 Å². The molecule has 1 aromatic rings. The highest BCUT2D eigenvalue weighted by Crippen LogP contribution is 2.20. The normalized spacial score (nSPS) is 18.6. The smallest absolute Gasteiger partial charge is 0.118 e. The summed E-state index contributed by atoms with van der Waals surface area (Å²) in [5.41, 5.74) is 1.62. The van der Waals surface area contributed by atoms with Crippen LogP contribution in [0.2, 0.25) is 0 Å². The van der Waals surface area contributed by atoms with E-state index in [1.807, 2.05) is 7.05 Å². The average molecular weight is 279 g/mol. The van der Waals surface area contributed by atoms with Crippen LogP contribution in [0.3, 0.4) is 0 Å². The van der Waals surface area contributed by atoms with Gasteiger partial charge >= 0.3 is 0 Å². The van der Waals surface area contributed by atoms with Crippen LogP contribution >= 0.6 is 0 Å². The first-order chi connectivity index (χ1) is 9.40. The molecule has 4 nitrogen and oxygen atoms in total. The van der Waals surface area contributed by atoms with Gasteiger partial charge in [0, 0.05) is 43.8 Å². The molecular weight excluding hydrogens is 250 g/mol. The van der Waals surface area contributed by atoms with E-state index in [-0.39, 0.29) is 5.54 Å². The highest BCUT2D eigenvalue weighted by atomic mass is 16.3. The molecule has 0 aromatic carbocycles. The van der Waals surface area contributed by atoms with Gasteiger partial charge in [-0.15, -0.1) is 0 Å². The zero-order valence-electron chi connectivity index (χ0n) is 13.6. The number of nitrogens with zero attached hydrogens (tertiary/aromatic N) is 2. The molecule has 0 amide bonds. The summed E-state index contributed by atoms with van der Waals surface area (Å²) in [5.74, 6) is 2.10. The van der Waals surface area contributed by atoms with E-state index >= 15 is 0 Å². The molecule has 20 heavy (non-hydrogen) atoms. The van der Waals surface area contributed by atoms with Gasteiger partial charge in [-0.05, 0) is 40.8 Å². The maximum atomic E-state index is 5.77. The summed E-state index contributed by atoms with van der Waals surface area (Å²) in [4.78, 5) is 5.10. The molecule has 1 aliphatic heterocycles. The van der Waals surface area contributed by atoms with Crippen molar-refractivity contribution in [1.82, 2.24) is 15.1 Å². The Bertz CT molecular complexity index is 425. The summed E-state index contributed by atoms with van der Waals surface area (Å²) in [5, 5.41) is 3.14. The van der Waals surface area contributed by atoms with E-state index in [2.05, 4.69) is 48.9 Å². The number of rotatable bonds is 4. The monoisotopic (exact) mass is 279 g/mol. The summed E-state index contributed by atoms with van der Waals surface area (Å²) >= 11 is 0. The van der Waals surface area contributed by atoms with Crippen molar-refractivity contribution < 1.29 is 4.42 Å². The van der Waals surface area contributed by atoms with Gasteiger partial charge in [-0.2, -0.15) is 0 Å². The fraction of sp³-hybridized carbons (Fsp3) is 0.750. The zero-order valence-corrected chi connectivity index (χ0v) is 13.6. The van der Waals surface area contributed by atoms with Crippen LogP contribution in [-0.4, -0.2) is 48.6 Å². The second kappa shape index (κ2) is 6.29. The van der Waals surface area contributed by atoms with E-state index in [0.29, 0.717) is 0 Å². The molecule has 114 valence electrons. The molecule has 1 aliphatic rings. The van der Waals surface area contributed by atoms with Crippen LogP contribution in [0.5, 0.6) is 0 Å². The lowest BCUT2D eigenvalue weighted by Gasteiger charge is -2.42. The summed E-state index contributed by atoms with van der Waals surface area (Å²) in [6, 6.07) is 2.20. The molecule has 1 fully saturated rings. The lowest BCUT2D eigenvalue weighted by molar-refractivity contribution is 0.0589. The van der Waals surface area contributed by atoms with Crippen molar-refractivity contribution in [2.75, 3.05) is 33.2 Å². The molecule has 0 saturated carbocycles. The molecular formula is C16H29N3O. The fourth-order valence-electron chi connectivity index (χ4n) is 2.82. The Labute approximate surface area is 123 Å². The van der Waals surface area contributed by atoms with Gasteiger partial charge in [-0.1, -0.05) is 0 Å². The number of hydrogen-bond acceptors (Lipinski definition) is 4. The Morgan fingerprint density at radius 3 is 2.40 bits per heavy atom. The zero-order chi connectivity index (χ0) is 14.8. The van der Waals surface area contributed by atoms with Crippen molar-refractivity contribution in [1.29, 1.82) is 0 Å². The first-order valence-corrected chi connectivity index (χ1v) is 7.60. The predicted octanol–water partition coefficient (Wildman–Crippen LogP) is 2.22. The molecule has 0 atom stereocenters. The topological polar surface area (TPSA) is 31.6 Å². The SMILES string of the molecule is CNCc1cc(CN2CCN(C(C)(C)C)CC2)c(C)o1. The van der Waals surface area contributed by atoms with Gasteiger partial charge in [-0.25, -0.2) is 0 Å². The Balaban J connectivity index is 1.89. The Hall–Kier alpha value is -0.840. The minimum absolute atomic E-state index is 0.289. The van der Waals surface area contributed by atoms with E-state index in [4.69, 9.17) is 4.42 Å². The van der Waals surface area contributed by atoms with Crippen LogP contribution in [-0.2, 0) is 13.1 Å². The molecule has 2 heterocycles. The molecule has 0 bridgehead atoms. The van der Waals surface area contributed by atoms with Crippen molar-refractivity contribution in [3.63, 3.8) is 0 Å². The van der Waals surface area contributed by atoms with E-state index in [0.717, 1.165) is 50.8 Å². The second-order valence-corrected chi connectivity index (χ2v) is 6.76. The van der Waals surface area contributed by atoms with Crippen molar-refractivity contribution >= 4 is 0 Å². The molecule has 2 rings (SSSR count). The van der Waals surface area contributed by atoms with Gasteiger partial charge in [-0.3, -0.25) is 9.80 Å². The summed E-state index contributed by atoms with van der Waals surface area (Å²) in [6.07, 6.45) is 0. The third-order valence-corrected chi connectivity index (χ3v) is 4.14. The number of furan rings is 1. The summed E-state index contributed by atoms with van der Waals surface area (Å²) in [6.45, 7) is 15.4. The highest BCUT2D eigenvalue weighted by molar-refractivity contribution is 5.20. The van der Waals surface area contributed by atoms with E-state index in [1.165, 1.54) is 5.56 Å². The maximum absolute atomic E-state index is 5.77. The molecule has 0 radical (unpaired) electrons. The third-order valence-electron chi connectivity index (χ3n) is 4.14. The third kappa shape index (κ3) is 3.84. The van der Waals surface area contributed by atoms with Crippen LogP contribution in [0.4, 0.5) is 0 Å². The first kappa shape index (κ1) is 15.5. The van der Waals surface area contributed by atoms with Gasteiger partial charge in [0.15, 0.2) is 0 Å². The lowest BCUT2D eigenvalue weighted by Crippen LogP contribution is -2.53. The highest BCUT2D eigenvalue weighted by Gasteiger charge is 2.26. The number of hydrogen-bond donors (Lipinski definition) is 1. The largest absolute Gasteiger partial charge is 0.465 e. The van der Waals surface area contributed by atoms with Crippen molar-refractivity contribution in [3.05, 3.63) is 23.2 Å². The lowest BCUT2D eigenvalue weighted by atomic mass is 10.0.